The van der Waals surface area contributed by atoms with E-state index in [-0.39, 0.29) is 12.6 Å². The van der Waals surface area contributed by atoms with E-state index in [1.165, 1.54) is 12.8 Å². The number of aliphatic hydroxyl groups excluding tert-OH is 1. The lowest BCUT2D eigenvalue weighted by Crippen LogP contribution is -2.39. The zero-order chi connectivity index (χ0) is 13.1. The Morgan fingerprint density at radius 3 is 2.78 bits per heavy atom. The van der Waals surface area contributed by atoms with E-state index in [1.54, 1.807) is 0 Å². The van der Waals surface area contributed by atoms with Gasteiger partial charge in [0.2, 0.25) is 0 Å². The quantitative estimate of drug-likeness (QED) is 0.851. The molecule has 1 saturated heterocycles. The molecule has 102 valence electrons. The molecule has 18 heavy (non-hydrogen) atoms. The third kappa shape index (κ3) is 2.32. The highest BCUT2D eigenvalue weighted by Crippen LogP contribution is 2.31. The van der Waals surface area contributed by atoms with Gasteiger partial charge >= 0.3 is 0 Å². The van der Waals surface area contributed by atoms with Crippen LogP contribution in [0, 0.1) is 0 Å². The average molecular weight is 252 g/mol. The van der Waals surface area contributed by atoms with Crippen molar-refractivity contribution in [2.45, 2.75) is 45.1 Å². The van der Waals surface area contributed by atoms with Gasteiger partial charge in [0.05, 0.1) is 24.0 Å². The first kappa shape index (κ1) is 13.2. The first-order chi connectivity index (χ1) is 8.69. The third-order valence-electron chi connectivity index (χ3n) is 3.82. The van der Waals surface area contributed by atoms with Gasteiger partial charge in [-0.3, -0.25) is 4.68 Å². The van der Waals surface area contributed by atoms with Gasteiger partial charge in [-0.1, -0.05) is 19.8 Å². The molecule has 1 unspecified atom stereocenters. The predicted octanol–water partition coefficient (Wildman–Crippen LogP) is 1.31. The Labute approximate surface area is 109 Å². The normalized spacial score (nSPS) is 21.1. The van der Waals surface area contributed by atoms with Crippen molar-refractivity contribution in [3.05, 3.63) is 5.69 Å². The second kappa shape index (κ2) is 5.61. The summed E-state index contributed by atoms with van der Waals surface area (Å²) in [6, 6.07) is 0.176. The molecule has 0 aliphatic carbocycles. The first-order valence-electron chi connectivity index (χ1n) is 6.87. The number of hydrogen-bond acceptors (Lipinski definition) is 4. The minimum Gasteiger partial charge on any atom is -0.394 e. The van der Waals surface area contributed by atoms with Crippen LogP contribution >= 0.6 is 0 Å². The fourth-order valence-electron chi connectivity index (χ4n) is 2.83. The van der Waals surface area contributed by atoms with Gasteiger partial charge in [0.15, 0.2) is 5.82 Å². The molecule has 1 fully saturated rings. The summed E-state index contributed by atoms with van der Waals surface area (Å²) in [7, 11) is 1.93. The Morgan fingerprint density at radius 1 is 1.39 bits per heavy atom. The lowest BCUT2D eigenvalue weighted by atomic mass is 10.1. The van der Waals surface area contributed by atoms with Gasteiger partial charge in [-0.15, -0.1) is 0 Å². The van der Waals surface area contributed by atoms with Crippen LogP contribution in [0.1, 0.15) is 38.3 Å². The summed E-state index contributed by atoms with van der Waals surface area (Å²) in [5.74, 6) is 0.979. The van der Waals surface area contributed by atoms with E-state index in [4.69, 9.17) is 5.73 Å². The molecule has 0 radical (unpaired) electrons. The molecule has 0 saturated carbocycles. The largest absolute Gasteiger partial charge is 0.394 e. The van der Waals surface area contributed by atoms with Crippen molar-refractivity contribution in [1.82, 2.24) is 9.78 Å². The van der Waals surface area contributed by atoms with Crippen LogP contribution in [-0.4, -0.2) is 34.1 Å². The molecular formula is C13H24N4O. The predicted molar refractivity (Wildman–Crippen MR) is 73.7 cm³/mol. The highest BCUT2D eigenvalue weighted by Gasteiger charge is 2.26. The number of anilines is 2. The summed E-state index contributed by atoms with van der Waals surface area (Å²) in [6.45, 7) is 3.21. The molecule has 0 spiro atoms. The number of nitrogen functional groups attached to an aromatic ring is 1. The molecule has 2 heterocycles. The minimum atomic E-state index is 0.176. The summed E-state index contributed by atoms with van der Waals surface area (Å²) in [5.41, 5.74) is 7.94. The number of aliphatic hydroxyl groups is 1. The van der Waals surface area contributed by atoms with Gasteiger partial charge in [-0.2, -0.15) is 5.10 Å². The van der Waals surface area contributed by atoms with Crippen molar-refractivity contribution in [2.24, 2.45) is 7.05 Å². The van der Waals surface area contributed by atoms with Crippen molar-refractivity contribution < 1.29 is 5.11 Å². The number of aryl methyl sites for hydroxylation is 2. The summed E-state index contributed by atoms with van der Waals surface area (Å²) in [6.07, 6.45) is 5.44. The number of nitrogens with two attached hydrogens (primary N) is 1. The molecule has 1 aromatic rings. The van der Waals surface area contributed by atoms with Crippen LogP contribution in [0.3, 0.4) is 0 Å². The Bertz CT molecular complexity index is 402. The Kier molecular flexibility index (Phi) is 4.11. The van der Waals surface area contributed by atoms with Gasteiger partial charge < -0.3 is 15.7 Å². The van der Waals surface area contributed by atoms with E-state index in [9.17, 15) is 5.11 Å². The van der Waals surface area contributed by atoms with E-state index in [1.807, 2.05) is 11.7 Å². The maximum absolute atomic E-state index is 9.58. The SMILES string of the molecule is CCc1nn(C)c(N2CCCCCC2CO)c1N. The van der Waals surface area contributed by atoms with E-state index in [0.29, 0.717) is 0 Å². The van der Waals surface area contributed by atoms with Gasteiger partial charge in [-0.25, -0.2) is 0 Å². The topological polar surface area (TPSA) is 67.3 Å². The van der Waals surface area contributed by atoms with Gasteiger partial charge in [0.1, 0.15) is 0 Å². The number of rotatable bonds is 3. The maximum Gasteiger partial charge on any atom is 0.150 e. The zero-order valence-electron chi connectivity index (χ0n) is 11.4. The number of nitrogens with zero attached hydrogens (tertiary/aromatic N) is 3. The lowest BCUT2D eigenvalue weighted by Gasteiger charge is -2.30. The smallest absolute Gasteiger partial charge is 0.150 e. The molecule has 3 N–H and O–H groups in total. The molecule has 0 aromatic carbocycles. The van der Waals surface area contributed by atoms with Crippen LogP contribution in [0.4, 0.5) is 11.5 Å². The van der Waals surface area contributed by atoms with Crippen LogP contribution in [0.5, 0.6) is 0 Å². The molecule has 2 rings (SSSR count). The molecule has 1 aliphatic rings. The van der Waals surface area contributed by atoms with Gasteiger partial charge in [0, 0.05) is 13.6 Å². The van der Waals surface area contributed by atoms with E-state index in [0.717, 1.165) is 43.0 Å². The third-order valence-corrected chi connectivity index (χ3v) is 3.82. The first-order valence-corrected chi connectivity index (χ1v) is 6.87. The second-order valence-electron chi connectivity index (χ2n) is 5.04. The molecule has 5 heteroatoms. The number of aromatic nitrogens is 2. The molecule has 0 bridgehead atoms. The van der Waals surface area contributed by atoms with E-state index >= 15 is 0 Å². The van der Waals surface area contributed by atoms with Gasteiger partial charge in [-0.05, 0) is 19.3 Å². The van der Waals surface area contributed by atoms with Crippen LogP contribution in [0.2, 0.25) is 0 Å². The molecule has 1 atom stereocenters. The standard InChI is InChI=1S/C13H24N4O/c1-3-11-12(14)13(16(2)15-11)17-8-6-4-5-7-10(17)9-18/h10,18H,3-9,14H2,1-2H3. The summed E-state index contributed by atoms with van der Waals surface area (Å²) in [4.78, 5) is 2.24. The van der Waals surface area contributed by atoms with E-state index in [2.05, 4.69) is 16.9 Å². The van der Waals surface area contributed by atoms with Crippen molar-refractivity contribution in [2.75, 3.05) is 23.8 Å². The van der Waals surface area contributed by atoms with Crippen molar-refractivity contribution in [3.8, 4) is 0 Å². The summed E-state index contributed by atoms with van der Waals surface area (Å²) >= 11 is 0. The van der Waals surface area contributed by atoms with Crippen molar-refractivity contribution >= 4 is 11.5 Å². The van der Waals surface area contributed by atoms with Crippen LogP contribution in [0.15, 0.2) is 0 Å². The fourth-order valence-corrected chi connectivity index (χ4v) is 2.83. The summed E-state index contributed by atoms with van der Waals surface area (Å²) < 4.78 is 1.86. The maximum atomic E-state index is 9.58. The minimum absolute atomic E-state index is 0.176. The van der Waals surface area contributed by atoms with Crippen LogP contribution < -0.4 is 10.6 Å². The molecule has 1 aliphatic heterocycles. The van der Waals surface area contributed by atoms with Crippen LogP contribution in [0.25, 0.3) is 0 Å². The molecule has 0 amide bonds. The highest BCUT2D eigenvalue weighted by molar-refractivity contribution is 5.67. The van der Waals surface area contributed by atoms with Gasteiger partial charge in [0.25, 0.3) is 0 Å². The van der Waals surface area contributed by atoms with Crippen molar-refractivity contribution in [3.63, 3.8) is 0 Å². The molecular weight excluding hydrogens is 228 g/mol. The Morgan fingerprint density at radius 2 is 2.17 bits per heavy atom. The molecule has 1 aromatic heterocycles. The Balaban J connectivity index is 2.35. The van der Waals surface area contributed by atoms with E-state index < -0.39 is 0 Å². The Hall–Kier alpha value is -1.23. The average Bonchev–Trinajstić information content (AvgIpc) is 2.57. The van der Waals surface area contributed by atoms with Crippen LogP contribution in [-0.2, 0) is 13.5 Å². The summed E-state index contributed by atoms with van der Waals surface area (Å²) in [5, 5.41) is 14.1. The fraction of sp³-hybridized carbons (Fsp3) is 0.769. The second-order valence-corrected chi connectivity index (χ2v) is 5.04. The molecule has 5 nitrogen and oxygen atoms in total. The zero-order valence-corrected chi connectivity index (χ0v) is 11.4. The monoisotopic (exact) mass is 252 g/mol. The van der Waals surface area contributed by atoms with Crippen molar-refractivity contribution in [1.29, 1.82) is 0 Å². The number of hydrogen-bond donors (Lipinski definition) is 2. The lowest BCUT2D eigenvalue weighted by molar-refractivity contribution is 0.254. The highest BCUT2D eigenvalue weighted by atomic mass is 16.3.